The van der Waals surface area contributed by atoms with E-state index in [1.54, 1.807) is 0 Å². The number of hydrogen-bond donors (Lipinski definition) is 5. The van der Waals surface area contributed by atoms with Gasteiger partial charge in [0, 0.05) is 12.3 Å². The van der Waals surface area contributed by atoms with Crippen molar-refractivity contribution in [2.75, 3.05) is 31.3 Å². The van der Waals surface area contributed by atoms with Gasteiger partial charge in [-0.2, -0.15) is 0 Å². The number of esters is 1. The molecule has 0 saturated carbocycles. The summed E-state index contributed by atoms with van der Waals surface area (Å²) in [6, 6.07) is 0. The van der Waals surface area contributed by atoms with Crippen LogP contribution in [0.1, 0.15) is 26.0 Å². The molecule has 4 atom stereocenters. The molecular weight excluding hydrogens is 481 g/mol. The van der Waals surface area contributed by atoms with Crippen LogP contribution in [0, 0.1) is 0 Å². The van der Waals surface area contributed by atoms with Crippen LogP contribution in [-0.4, -0.2) is 89.8 Å². The van der Waals surface area contributed by atoms with Crippen molar-refractivity contribution >= 4 is 42.5 Å². The summed E-state index contributed by atoms with van der Waals surface area (Å²) in [6.07, 6.45) is -2.89. The number of aliphatic hydroxyl groups excluding tert-OH is 2. The fraction of sp³-hybridized carbons (Fsp3) is 0.647. The number of hydrogen-bond acceptors (Lipinski definition) is 12. The Morgan fingerprint density at radius 1 is 1.33 bits per heavy atom. The maximum Gasteiger partial charge on any atom is 0.469 e. The van der Waals surface area contributed by atoms with Crippen molar-refractivity contribution < 1.29 is 43.4 Å². The van der Waals surface area contributed by atoms with Crippen molar-refractivity contribution in [3.63, 3.8) is 0 Å². The number of imidazole rings is 1. The van der Waals surface area contributed by atoms with E-state index >= 15 is 0 Å². The predicted octanol–water partition coefficient (Wildman–Crippen LogP) is 0.0319. The Labute approximate surface area is 192 Å². The van der Waals surface area contributed by atoms with Crippen molar-refractivity contribution in [1.29, 1.82) is 0 Å². The van der Waals surface area contributed by atoms with Crippen LogP contribution in [0.4, 0.5) is 5.82 Å². The summed E-state index contributed by atoms with van der Waals surface area (Å²) in [6.45, 7) is 1.63. The molecule has 5 N–H and O–H groups in total. The number of methoxy groups -OCH3 is 1. The fourth-order valence-electron chi connectivity index (χ4n) is 3.12. The van der Waals surface area contributed by atoms with Crippen LogP contribution in [0.2, 0.25) is 0 Å². The first kappa shape index (κ1) is 25.8. The van der Waals surface area contributed by atoms with E-state index in [4.69, 9.17) is 14.5 Å². The van der Waals surface area contributed by atoms with Gasteiger partial charge in [-0.05, 0) is 6.42 Å². The molecule has 2 aromatic heterocycles. The molecule has 1 saturated heterocycles. The number of fused-ring (bicyclic) bond motifs is 1. The van der Waals surface area contributed by atoms with Gasteiger partial charge < -0.3 is 34.8 Å². The summed E-state index contributed by atoms with van der Waals surface area (Å²) in [5.74, 6) is 0.735. The van der Waals surface area contributed by atoms with E-state index in [1.807, 2.05) is 6.92 Å². The van der Waals surface area contributed by atoms with E-state index in [9.17, 15) is 19.6 Å². The maximum atomic E-state index is 11.4. The Morgan fingerprint density at radius 2 is 2.09 bits per heavy atom. The van der Waals surface area contributed by atoms with Gasteiger partial charge in [-0.15, -0.1) is 0 Å². The van der Waals surface area contributed by atoms with Gasteiger partial charge in [-0.25, -0.2) is 19.5 Å². The number of phosphoric acid groups is 1. The van der Waals surface area contributed by atoms with E-state index in [0.717, 1.165) is 12.2 Å². The Kier molecular flexibility index (Phi) is 8.64. The first-order chi connectivity index (χ1) is 15.6. The molecule has 2 aromatic rings. The first-order valence-corrected chi connectivity index (χ1v) is 12.6. The molecule has 1 fully saturated rings. The predicted molar refractivity (Wildman–Crippen MR) is 115 cm³/mol. The molecule has 16 heteroatoms. The minimum absolute atomic E-state index is 0.109. The number of thioether (sulfide) groups is 1. The smallest absolute Gasteiger partial charge is 0.469 e. The van der Waals surface area contributed by atoms with Crippen molar-refractivity contribution in [2.45, 2.75) is 49.5 Å². The van der Waals surface area contributed by atoms with Crippen LogP contribution in [0.15, 0.2) is 11.5 Å². The number of aromatic nitrogens is 4. The van der Waals surface area contributed by atoms with Gasteiger partial charge in [0.25, 0.3) is 0 Å². The van der Waals surface area contributed by atoms with Gasteiger partial charge >= 0.3 is 13.8 Å². The van der Waals surface area contributed by atoms with Crippen LogP contribution in [0.3, 0.4) is 0 Å². The van der Waals surface area contributed by atoms with E-state index in [2.05, 4.69) is 29.5 Å². The zero-order chi connectivity index (χ0) is 24.2. The summed E-state index contributed by atoms with van der Waals surface area (Å²) in [5.41, 5.74) is 0.651. The number of ether oxygens (including phenoxy) is 2. The summed E-state index contributed by atoms with van der Waals surface area (Å²) >= 11 is 1.41. The normalized spacial score (nSPS) is 23.2. The zero-order valence-corrected chi connectivity index (χ0v) is 19.6. The van der Waals surface area contributed by atoms with Gasteiger partial charge in [-0.1, -0.05) is 18.7 Å². The molecule has 33 heavy (non-hydrogen) atoms. The van der Waals surface area contributed by atoms with Gasteiger partial charge in [0.05, 0.1) is 26.5 Å². The lowest BCUT2D eigenvalue weighted by Gasteiger charge is -2.17. The maximum absolute atomic E-state index is 11.4. The second kappa shape index (κ2) is 11.1. The highest BCUT2D eigenvalue weighted by atomic mass is 32.2. The highest BCUT2D eigenvalue weighted by molar-refractivity contribution is 7.99. The Balaban J connectivity index is 1.89. The average molecular weight is 507 g/mol. The summed E-state index contributed by atoms with van der Waals surface area (Å²) in [7, 11) is -3.49. The SMILES string of the molecule is CCCSc1nc(NCCC(=O)OC)c2ncn([C@@H]3O[C@H](COP(=O)(O)O)[C@@H](O)[C@H]3O)c2n1. The minimum Gasteiger partial charge on any atom is -0.469 e. The molecule has 3 heterocycles. The molecule has 0 radical (unpaired) electrons. The Morgan fingerprint density at radius 3 is 2.76 bits per heavy atom. The minimum atomic E-state index is -4.78. The number of phosphoric ester groups is 1. The van der Waals surface area contributed by atoms with Crippen LogP contribution in [0.25, 0.3) is 11.2 Å². The molecule has 0 amide bonds. The molecule has 1 aliphatic heterocycles. The highest BCUT2D eigenvalue weighted by Crippen LogP contribution is 2.39. The first-order valence-electron chi connectivity index (χ1n) is 10.0. The highest BCUT2D eigenvalue weighted by Gasteiger charge is 2.45. The lowest BCUT2D eigenvalue weighted by Crippen LogP contribution is -2.33. The number of carbonyl (C=O) groups excluding carboxylic acids is 1. The number of anilines is 1. The van der Waals surface area contributed by atoms with Gasteiger partial charge in [0.15, 0.2) is 28.4 Å². The topological polar surface area (TPSA) is 198 Å². The van der Waals surface area contributed by atoms with Crippen molar-refractivity contribution in [3.8, 4) is 0 Å². The van der Waals surface area contributed by atoms with Crippen LogP contribution < -0.4 is 5.32 Å². The number of aliphatic hydroxyl groups is 2. The van der Waals surface area contributed by atoms with Gasteiger partial charge in [-0.3, -0.25) is 13.9 Å². The third-order valence-corrected chi connectivity index (χ3v) is 6.24. The molecule has 1 aliphatic rings. The third-order valence-electron chi connectivity index (χ3n) is 4.70. The molecule has 0 bridgehead atoms. The molecular formula is C17H26N5O9PS. The van der Waals surface area contributed by atoms with E-state index in [0.29, 0.717) is 22.1 Å². The summed E-state index contributed by atoms with van der Waals surface area (Å²) in [4.78, 5) is 42.5. The Hall–Kier alpha value is -1.84. The summed E-state index contributed by atoms with van der Waals surface area (Å²) < 4.78 is 27.1. The van der Waals surface area contributed by atoms with Crippen molar-refractivity contribution in [2.24, 2.45) is 0 Å². The number of carbonyl (C=O) groups is 1. The molecule has 0 spiro atoms. The lowest BCUT2D eigenvalue weighted by atomic mass is 10.1. The average Bonchev–Trinajstić information content (AvgIpc) is 3.31. The van der Waals surface area contributed by atoms with E-state index < -0.39 is 39.0 Å². The third kappa shape index (κ3) is 6.39. The Bertz CT molecular complexity index is 1020. The number of rotatable bonds is 11. The molecule has 0 aliphatic carbocycles. The quantitative estimate of drug-likeness (QED) is 0.118. The molecule has 14 nitrogen and oxygen atoms in total. The van der Waals surface area contributed by atoms with Gasteiger partial charge in [0.2, 0.25) is 0 Å². The number of nitrogens with one attached hydrogen (secondary N) is 1. The van der Waals surface area contributed by atoms with Gasteiger partial charge in [0.1, 0.15) is 18.3 Å². The fourth-order valence-corrected chi connectivity index (χ4v) is 4.15. The lowest BCUT2D eigenvalue weighted by molar-refractivity contribution is -0.140. The number of nitrogens with zero attached hydrogens (tertiary/aromatic N) is 4. The summed E-state index contributed by atoms with van der Waals surface area (Å²) in [5, 5.41) is 24.3. The molecule has 184 valence electrons. The van der Waals surface area contributed by atoms with E-state index in [-0.39, 0.29) is 18.9 Å². The van der Waals surface area contributed by atoms with Crippen LogP contribution >= 0.6 is 19.6 Å². The molecule has 3 rings (SSSR count). The molecule has 0 aromatic carbocycles. The van der Waals surface area contributed by atoms with Crippen LogP contribution in [0.5, 0.6) is 0 Å². The zero-order valence-electron chi connectivity index (χ0n) is 17.9. The monoisotopic (exact) mass is 507 g/mol. The largest absolute Gasteiger partial charge is 0.469 e. The van der Waals surface area contributed by atoms with E-state index in [1.165, 1.54) is 29.8 Å². The second-order valence-electron chi connectivity index (χ2n) is 7.11. The standard InChI is InChI=1S/C17H26N5O9PS/c1-3-6-33-17-20-14(18-5-4-10(23)29-2)11-15(21-17)22(8-19-11)16-13(25)12(24)9(31-16)7-30-32(26,27)28/h8-9,12-13,16,24-25H,3-7H2,1-2H3,(H,18,20,21)(H2,26,27,28)/t9-,12-,13-,16-/m1/s1. The second-order valence-corrected chi connectivity index (χ2v) is 9.41. The van der Waals surface area contributed by atoms with Crippen LogP contribution in [-0.2, 0) is 23.4 Å². The van der Waals surface area contributed by atoms with Crippen molar-refractivity contribution in [1.82, 2.24) is 19.5 Å². The van der Waals surface area contributed by atoms with Crippen molar-refractivity contribution in [3.05, 3.63) is 6.33 Å². The molecule has 0 unspecified atom stereocenters.